The molecule has 0 aromatic rings. The minimum atomic E-state index is 0.768. The van der Waals surface area contributed by atoms with Gasteiger partial charge in [-0.1, -0.05) is 26.7 Å². The molecule has 0 amide bonds. The maximum atomic E-state index is 3.48. The van der Waals surface area contributed by atoms with E-state index >= 15 is 0 Å². The maximum Gasteiger partial charge on any atom is 0.0104 e. The molecule has 0 aromatic carbocycles. The molecule has 1 fully saturated rings. The highest BCUT2D eigenvalue weighted by Crippen LogP contribution is 2.24. The van der Waals surface area contributed by atoms with Crippen molar-refractivity contribution in [3.05, 3.63) is 0 Å². The average molecular weight is 198 g/mol. The Hall–Kier alpha value is -0.0800. The number of nitrogens with zero attached hydrogens (tertiary/aromatic N) is 1. The smallest absolute Gasteiger partial charge is 0.0104 e. The molecule has 1 aliphatic rings. The zero-order valence-electron chi connectivity index (χ0n) is 10.1. The molecule has 2 heteroatoms. The first-order valence-corrected chi connectivity index (χ1v) is 6.21. The van der Waals surface area contributed by atoms with Crippen LogP contribution in [0, 0.1) is 5.92 Å². The third kappa shape index (κ3) is 3.25. The molecule has 0 bridgehead atoms. The molecule has 0 aliphatic heterocycles. The average Bonchev–Trinajstić information content (AvgIpc) is 2.26. The van der Waals surface area contributed by atoms with Gasteiger partial charge in [-0.3, -0.25) is 0 Å². The summed E-state index contributed by atoms with van der Waals surface area (Å²) >= 11 is 0. The number of hydrogen-bond donors (Lipinski definition) is 1. The summed E-state index contributed by atoms with van der Waals surface area (Å²) in [6.45, 7) is 8.22. The standard InChI is InChI=1S/C12H26N2/c1-4-14(5-2)10-11-8-6-7-9-12(11)13-3/h11-13H,4-10H2,1-3H3. The van der Waals surface area contributed by atoms with E-state index in [0.29, 0.717) is 0 Å². The molecule has 1 aliphatic carbocycles. The zero-order chi connectivity index (χ0) is 10.4. The van der Waals surface area contributed by atoms with E-state index in [9.17, 15) is 0 Å². The molecule has 1 rings (SSSR count). The fourth-order valence-corrected chi connectivity index (χ4v) is 2.62. The van der Waals surface area contributed by atoms with Gasteiger partial charge >= 0.3 is 0 Å². The SMILES string of the molecule is CCN(CC)CC1CCCCC1NC. The van der Waals surface area contributed by atoms with Gasteiger partial charge in [0.05, 0.1) is 0 Å². The Balaban J connectivity index is 2.39. The Bertz CT molecular complexity index is 143. The first-order chi connectivity index (χ1) is 6.81. The molecule has 0 radical (unpaired) electrons. The van der Waals surface area contributed by atoms with Crippen LogP contribution in [0.15, 0.2) is 0 Å². The van der Waals surface area contributed by atoms with Crippen LogP contribution < -0.4 is 5.32 Å². The van der Waals surface area contributed by atoms with Gasteiger partial charge in [0.1, 0.15) is 0 Å². The lowest BCUT2D eigenvalue weighted by Gasteiger charge is -2.34. The molecule has 84 valence electrons. The molecule has 0 heterocycles. The highest BCUT2D eigenvalue weighted by atomic mass is 15.1. The van der Waals surface area contributed by atoms with Crippen LogP contribution in [0.4, 0.5) is 0 Å². The highest BCUT2D eigenvalue weighted by molar-refractivity contribution is 4.81. The number of hydrogen-bond acceptors (Lipinski definition) is 2. The van der Waals surface area contributed by atoms with E-state index in [1.165, 1.54) is 45.3 Å². The number of nitrogens with one attached hydrogen (secondary N) is 1. The summed E-state index contributed by atoms with van der Waals surface area (Å²) < 4.78 is 0. The van der Waals surface area contributed by atoms with E-state index in [-0.39, 0.29) is 0 Å². The first-order valence-electron chi connectivity index (χ1n) is 6.21. The van der Waals surface area contributed by atoms with Crippen molar-refractivity contribution in [2.45, 2.75) is 45.6 Å². The van der Waals surface area contributed by atoms with Crippen LogP contribution >= 0.6 is 0 Å². The summed E-state index contributed by atoms with van der Waals surface area (Å²) in [7, 11) is 2.12. The second kappa shape index (κ2) is 6.41. The van der Waals surface area contributed by atoms with E-state index in [0.717, 1.165) is 12.0 Å². The van der Waals surface area contributed by atoms with Crippen LogP contribution in [0.3, 0.4) is 0 Å². The Labute approximate surface area is 89.1 Å². The van der Waals surface area contributed by atoms with Gasteiger partial charge in [0.15, 0.2) is 0 Å². The molecule has 1 N–H and O–H groups in total. The monoisotopic (exact) mass is 198 g/mol. The first kappa shape index (κ1) is 12.0. The fourth-order valence-electron chi connectivity index (χ4n) is 2.62. The fraction of sp³-hybridized carbons (Fsp3) is 1.00. The van der Waals surface area contributed by atoms with E-state index in [1.54, 1.807) is 0 Å². The second-order valence-corrected chi connectivity index (χ2v) is 4.43. The Morgan fingerprint density at radius 3 is 2.36 bits per heavy atom. The van der Waals surface area contributed by atoms with Crippen molar-refractivity contribution in [2.24, 2.45) is 5.92 Å². The van der Waals surface area contributed by atoms with Gasteiger partial charge in [0.25, 0.3) is 0 Å². The van der Waals surface area contributed by atoms with Crippen LogP contribution in [0.1, 0.15) is 39.5 Å². The van der Waals surface area contributed by atoms with E-state index in [2.05, 4.69) is 31.1 Å². The molecule has 2 nitrogen and oxygen atoms in total. The van der Waals surface area contributed by atoms with Crippen molar-refractivity contribution in [2.75, 3.05) is 26.7 Å². The summed E-state index contributed by atoms with van der Waals surface area (Å²) in [5, 5.41) is 3.48. The lowest BCUT2D eigenvalue weighted by molar-refractivity contribution is 0.182. The third-order valence-corrected chi connectivity index (χ3v) is 3.67. The molecule has 1 saturated carbocycles. The second-order valence-electron chi connectivity index (χ2n) is 4.43. The van der Waals surface area contributed by atoms with Crippen molar-refractivity contribution < 1.29 is 0 Å². The Morgan fingerprint density at radius 2 is 1.79 bits per heavy atom. The molecule has 0 saturated heterocycles. The Kier molecular flexibility index (Phi) is 5.49. The summed E-state index contributed by atoms with van der Waals surface area (Å²) in [6.07, 6.45) is 5.65. The van der Waals surface area contributed by atoms with Crippen molar-refractivity contribution in [1.29, 1.82) is 0 Å². The van der Waals surface area contributed by atoms with Crippen LogP contribution in [-0.4, -0.2) is 37.6 Å². The lowest BCUT2D eigenvalue weighted by Crippen LogP contribution is -2.42. The van der Waals surface area contributed by atoms with Crippen molar-refractivity contribution in [3.63, 3.8) is 0 Å². The minimum absolute atomic E-state index is 0.768. The number of rotatable bonds is 5. The topological polar surface area (TPSA) is 15.3 Å². The van der Waals surface area contributed by atoms with Crippen LogP contribution in [0.5, 0.6) is 0 Å². The van der Waals surface area contributed by atoms with Gasteiger partial charge in [-0.2, -0.15) is 0 Å². The molecular weight excluding hydrogens is 172 g/mol. The van der Waals surface area contributed by atoms with Crippen LogP contribution in [0.2, 0.25) is 0 Å². The van der Waals surface area contributed by atoms with Gasteiger partial charge in [0, 0.05) is 12.6 Å². The van der Waals surface area contributed by atoms with Gasteiger partial charge < -0.3 is 10.2 Å². The van der Waals surface area contributed by atoms with Crippen LogP contribution in [0.25, 0.3) is 0 Å². The van der Waals surface area contributed by atoms with Crippen LogP contribution in [-0.2, 0) is 0 Å². The maximum absolute atomic E-state index is 3.48. The summed E-state index contributed by atoms with van der Waals surface area (Å²) in [5.74, 6) is 0.883. The van der Waals surface area contributed by atoms with Gasteiger partial charge in [-0.15, -0.1) is 0 Å². The lowest BCUT2D eigenvalue weighted by atomic mass is 9.84. The van der Waals surface area contributed by atoms with E-state index in [1.807, 2.05) is 0 Å². The van der Waals surface area contributed by atoms with Crippen molar-refractivity contribution in [1.82, 2.24) is 10.2 Å². The largest absolute Gasteiger partial charge is 0.317 e. The molecule has 0 spiro atoms. The van der Waals surface area contributed by atoms with Crippen molar-refractivity contribution in [3.8, 4) is 0 Å². The summed E-state index contributed by atoms with van der Waals surface area (Å²) in [6, 6.07) is 0.768. The Morgan fingerprint density at radius 1 is 1.14 bits per heavy atom. The van der Waals surface area contributed by atoms with Crippen molar-refractivity contribution >= 4 is 0 Å². The molecule has 14 heavy (non-hydrogen) atoms. The molecule has 0 aromatic heterocycles. The third-order valence-electron chi connectivity index (χ3n) is 3.67. The van der Waals surface area contributed by atoms with E-state index < -0.39 is 0 Å². The molecule has 2 unspecified atom stereocenters. The quantitative estimate of drug-likeness (QED) is 0.728. The van der Waals surface area contributed by atoms with Gasteiger partial charge in [-0.05, 0) is 38.9 Å². The predicted molar refractivity (Wildman–Crippen MR) is 62.6 cm³/mol. The molecule has 2 atom stereocenters. The highest BCUT2D eigenvalue weighted by Gasteiger charge is 2.24. The zero-order valence-corrected chi connectivity index (χ0v) is 10.1. The normalized spacial score (nSPS) is 28.3. The summed E-state index contributed by atoms with van der Waals surface area (Å²) in [5.41, 5.74) is 0. The summed E-state index contributed by atoms with van der Waals surface area (Å²) in [4.78, 5) is 2.56. The van der Waals surface area contributed by atoms with E-state index in [4.69, 9.17) is 0 Å². The minimum Gasteiger partial charge on any atom is -0.317 e. The van der Waals surface area contributed by atoms with Gasteiger partial charge in [-0.25, -0.2) is 0 Å². The van der Waals surface area contributed by atoms with Gasteiger partial charge in [0.2, 0.25) is 0 Å². The molecular formula is C12H26N2. The predicted octanol–water partition coefficient (Wildman–Crippen LogP) is 2.11.